The van der Waals surface area contributed by atoms with Crippen LogP contribution in [0.25, 0.3) is 0 Å². The van der Waals surface area contributed by atoms with Crippen LogP contribution in [-0.4, -0.2) is 26.2 Å². The van der Waals surface area contributed by atoms with Gasteiger partial charge in [0, 0.05) is 30.5 Å². The molecular formula is C10H15NO2S2. The fraction of sp³-hybridized carbons (Fsp3) is 0.500. The van der Waals surface area contributed by atoms with Crippen molar-refractivity contribution in [3.05, 3.63) is 16.3 Å². The Labute approximate surface area is 99.2 Å². The number of hydrogen-bond acceptors (Lipinski definition) is 4. The number of carbonyl (C=O) groups excluding carboxylic acids is 1. The number of rotatable bonds is 6. The van der Waals surface area contributed by atoms with Gasteiger partial charge in [0.15, 0.2) is 0 Å². The highest BCUT2D eigenvalue weighted by atomic mass is 32.1. The van der Waals surface area contributed by atoms with Crippen LogP contribution in [0.4, 0.5) is 0 Å². The fourth-order valence-corrected chi connectivity index (χ4v) is 2.17. The van der Waals surface area contributed by atoms with Crippen molar-refractivity contribution in [2.24, 2.45) is 0 Å². The highest BCUT2D eigenvalue weighted by Crippen LogP contribution is 2.17. The number of amides is 1. The number of carbonyl (C=O) groups is 1. The normalized spacial score (nSPS) is 10.3. The van der Waals surface area contributed by atoms with E-state index in [1.165, 1.54) is 11.3 Å². The number of thiophene rings is 1. The first-order chi connectivity index (χ1) is 7.24. The Bertz CT molecular complexity index is 312. The van der Waals surface area contributed by atoms with Gasteiger partial charge in [0.25, 0.3) is 5.91 Å². The highest BCUT2D eigenvalue weighted by Gasteiger charge is 2.06. The first-order valence-electron chi connectivity index (χ1n) is 4.78. The highest BCUT2D eigenvalue weighted by molar-refractivity contribution is 7.80. The third-order valence-corrected chi connectivity index (χ3v) is 3.23. The van der Waals surface area contributed by atoms with E-state index in [9.17, 15) is 4.79 Å². The molecule has 0 bridgehead atoms. The lowest BCUT2D eigenvalue weighted by molar-refractivity contribution is 0.0955. The molecule has 5 heteroatoms. The maximum atomic E-state index is 11.5. The lowest BCUT2D eigenvalue weighted by Crippen LogP contribution is -2.23. The second kappa shape index (κ2) is 6.87. The van der Waals surface area contributed by atoms with Crippen LogP contribution >= 0.6 is 24.0 Å². The predicted octanol–water partition coefficient (Wildman–Crippen LogP) is 2.19. The fourth-order valence-electron chi connectivity index (χ4n) is 1.11. The molecule has 1 amide bonds. The molecule has 1 N–H and O–H groups in total. The SMILES string of the molecule is COCCCCNC(=O)c1cc(S)cs1. The smallest absolute Gasteiger partial charge is 0.261 e. The molecule has 0 spiro atoms. The van der Waals surface area contributed by atoms with E-state index >= 15 is 0 Å². The number of nitrogens with one attached hydrogen (secondary N) is 1. The third kappa shape index (κ3) is 4.68. The Kier molecular flexibility index (Phi) is 5.75. The summed E-state index contributed by atoms with van der Waals surface area (Å²) in [4.78, 5) is 13.1. The molecule has 0 aromatic carbocycles. The lowest BCUT2D eigenvalue weighted by atomic mass is 10.3. The van der Waals surface area contributed by atoms with Gasteiger partial charge in [-0.1, -0.05) is 0 Å². The van der Waals surface area contributed by atoms with Crippen molar-refractivity contribution in [1.82, 2.24) is 5.32 Å². The molecule has 0 saturated heterocycles. The van der Waals surface area contributed by atoms with Crippen molar-refractivity contribution >= 4 is 29.9 Å². The quantitative estimate of drug-likeness (QED) is 0.595. The van der Waals surface area contributed by atoms with Crippen LogP contribution in [0.2, 0.25) is 0 Å². The van der Waals surface area contributed by atoms with Crippen molar-refractivity contribution < 1.29 is 9.53 Å². The van der Waals surface area contributed by atoms with E-state index in [2.05, 4.69) is 17.9 Å². The second-order valence-electron chi connectivity index (χ2n) is 3.12. The number of thiol groups is 1. The van der Waals surface area contributed by atoms with Gasteiger partial charge in [-0.2, -0.15) is 0 Å². The summed E-state index contributed by atoms with van der Waals surface area (Å²) < 4.78 is 4.92. The molecule has 0 saturated carbocycles. The average molecular weight is 245 g/mol. The van der Waals surface area contributed by atoms with Crippen LogP contribution in [-0.2, 0) is 4.74 Å². The van der Waals surface area contributed by atoms with E-state index in [1.54, 1.807) is 13.2 Å². The zero-order valence-corrected chi connectivity index (χ0v) is 10.4. The van der Waals surface area contributed by atoms with E-state index in [-0.39, 0.29) is 5.91 Å². The second-order valence-corrected chi connectivity index (χ2v) is 4.55. The van der Waals surface area contributed by atoms with Crippen molar-refractivity contribution in [2.75, 3.05) is 20.3 Å². The number of hydrogen-bond donors (Lipinski definition) is 2. The molecule has 1 heterocycles. The van der Waals surface area contributed by atoms with Crippen LogP contribution in [0.15, 0.2) is 16.3 Å². The first-order valence-corrected chi connectivity index (χ1v) is 6.11. The number of ether oxygens (including phenoxy) is 1. The zero-order valence-electron chi connectivity index (χ0n) is 8.66. The van der Waals surface area contributed by atoms with Crippen LogP contribution in [0.1, 0.15) is 22.5 Å². The summed E-state index contributed by atoms with van der Waals surface area (Å²) in [6.45, 7) is 1.44. The molecule has 84 valence electrons. The molecule has 1 aromatic heterocycles. The van der Waals surface area contributed by atoms with Crippen LogP contribution in [0.3, 0.4) is 0 Å². The van der Waals surface area contributed by atoms with Crippen LogP contribution in [0.5, 0.6) is 0 Å². The van der Waals surface area contributed by atoms with Gasteiger partial charge in [0.2, 0.25) is 0 Å². The number of methoxy groups -OCH3 is 1. The minimum atomic E-state index is -0.0160. The summed E-state index contributed by atoms with van der Waals surface area (Å²) in [5.74, 6) is -0.0160. The molecule has 3 nitrogen and oxygen atoms in total. The summed E-state index contributed by atoms with van der Waals surface area (Å²) >= 11 is 5.56. The Balaban J connectivity index is 2.19. The van der Waals surface area contributed by atoms with Gasteiger partial charge in [-0.15, -0.1) is 24.0 Å². The van der Waals surface area contributed by atoms with Crippen LogP contribution in [0, 0.1) is 0 Å². The Morgan fingerprint density at radius 2 is 2.40 bits per heavy atom. The van der Waals surface area contributed by atoms with Crippen LogP contribution < -0.4 is 5.32 Å². The minimum absolute atomic E-state index is 0.0160. The molecule has 1 aromatic rings. The molecule has 15 heavy (non-hydrogen) atoms. The van der Waals surface area contributed by atoms with E-state index in [4.69, 9.17) is 4.74 Å². The monoisotopic (exact) mass is 245 g/mol. The van der Waals surface area contributed by atoms with Crippen molar-refractivity contribution in [1.29, 1.82) is 0 Å². The van der Waals surface area contributed by atoms with Gasteiger partial charge in [0.05, 0.1) is 4.88 Å². The molecule has 0 fully saturated rings. The van der Waals surface area contributed by atoms with E-state index in [1.807, 2.05) is 5.38 Å². The Hall–Kier alpha value is -0.520. The Morgan fingerprint density at radius 3 is 3.00 bits per heavy atom. The summed E-state index contributed by atoms with van der Waals surface area (Å²) in [5, 5.41) is 4.70. The molecule has 0 aliphatic rings. The zero-order chi connectivity index (χ0) is 11.1. The maximum absolute atomic E-state index is 11.5. The standard InChI is InChI=1S/C10H15NO2S2/c1-13-5-3-2-4-11-10(12)9-6-8(14)7-15-9/h6-7,14H,2-5H2,1H3,(H,11,12). The van der Waals surface area contributed by atoms with Crippen molar-refractivity contribution in [3.63, 3.8) is 0 Å². The minimum Gasteiger partial charge on any atom is -0.385 e. The van der Waals surface area contributed by atoms with E-state index < -0.39 is 0 Å². The molecule has 0 aliphatic carbocycles. The largest absolute Gasteiger partial charge is 0.385 e. The summed E-state index contributed by atoms with van der Waals surface area (Å²) in [6, 6.07) is 1.78. The topological polar surface area (TPSA) is 38.3 Å². The molecule has 0 atom stereocenters. The van der Waals surface area contributed by atoms with E-state index in [0.29, 0.717) is 11.4 Å². The predicted molar refractivity (Wildman–Crippen MR) is 65.0 cm³/mol. The van der Waals surface area contributed by atoms with Gasteiger partial charge in [-0.3, -0.25) is 4.79 Å². The van der Waals surface area contributed by atoms with Gasteiger partial charge >= 0.3 is 0 Å². The van der Waals surface area contributed by atoms with Crippen molar-refractivity contribution in [3.8, 4) is 0 Å². The summed E-state index contributed by atoms with van der Waals surface area (Å²) in [7, 11) is 1.68. The van der Waals surface area contributed by atoms with Gasteiger partial charge < -0.3 is 10.1 Å². The van der Waals surface area contributed by atoms with Gasteiger partial charge in [-0.05, 0) is 18.9 Å². The molecular weight excluding hydrogens is 230 g/mol. The average Bonchev–Trinajstić information content (AvgIpc) is 2.64. The summed E-state index contributed by atoms with van der Waals surface area (Å²) in [5.41, 5.74) is 0. The van der Waals surface area contributed by atoms with E-state index in [0.717, 1.165) is 24.3 Å². The van der Waals surface area contributed by atoms with Gasteiger partial charge in [-0.25, -0.2) is 0 Å². The van der Waals surface area contributed by atoms with Gasteiger partial charge in [0.1, 0.15) is 0 Å². The summed E-state index contributed by atoms with van der Waals surface area (Å²) in [6.07, 6.45) is 1.91. The molecule has 0 radical (unpaired) electrons. The molecule has 0 unspecified atom stereocenters. The van der Waals surface area contributed by atoms with Crippen molar-refractivity contribution in [2.45, 2.75) is 17.7 Å². The first kappa shape index (κ1) is 12.5. The molecule has 1 rings (SSSR count). The lowest BCUT2D eigenvalue weighted by Gasteiger charge is -2.02. The number of unbranched alkanes of at least 4 members (excludes halogenated alkanes) is 1. The third-order valence-electron chi connectivity index (χ3n) is 1.87. The maximum Gasteiger partial charge on any atom is 0.261 e. The molecule has 0 aliphatic heterocycles. The Morgan fingerprint density at radius 1 is 1.60 bits per heavy atom.